The fourth-order valence-electron chi connectivity index (χ4n) is 1.14. The van der Waals surface area contributed by atoms with Crippen LogP contribution in [0.3, 0.4) is 0 Å². The fourth-order valence-corrected chi connectivity index (χ4v) is 1.14. The molecule has 0 spiro atoms. The van der Waals surface area contributed by atoms with Crippen molar-refractivity contribution in [2.75, 3.05) is 0 Å². The van der Waals surface area contributed by atoms with Gasteiger partial charge >= 0.3 is 0 Å². The van der Waals surface area contributed by atoms with Crippen molar-refractivity contribution in [1.82, 2.24) is 9.88 Å². The van der Waals surface area contributed by atoms with Gasteiger partial charge in [-0.15, -0.1) is 0 Å². The summed E-state index contributed by atoms with van der Waals surface area (Å²) in [7, 11) is 0. The predicted molar refractivity (Wildman–Crippen MR) is 42.9 cm³/mol. The number of amides is 2. The second-order valence-electron chi connectivity index (χ2n) is 2.57. The number of nitrogens with one attached hydrogen (secondary N) is 1. The Labute approximate surface area is 73.0 Å². The maximum Gasteiger partial charge on any atom is 0.274 e. The van der Waals surface area contributed by atoms with E-state index < -0.39 is 11.8 Å². The predicted octanol–water partition coefficient (Wildman–Crippen LogP) is -0.872. The van der Waals surface area contributed by atoms with Crippen molar-refractivity contribution in [2.45, 2.75) is 0 Å². The van der Waals surface area contributed by atoms with Crippen LogP contribution in [0.4, 0.5) is 0 Å². The molecule has 0 atom stereocenters. The van der Waals surface area contributed by atoms with E-state index in [2.05, 4.69) is 5.32 Å². The van der Waals surface area contributed by atoms with E-state index >= 15 is 0 Å². The van der Waals surface area contributed by atoms with Crippen LogP contribution in [0.2, 0.25) is 0 Å². The number of imide groups is 1. The Morgan fingerprint density at radius 1 is 1.15 bits per heavy atom. The van der Waals surface area contributed by atoms with Gasteiger partial charge in [0.05, 0.1) is 0 Å². The summed E-state index contributed by atoms with van der Waals surface area (Å²) in [6.07, 6.45) is 0. The zero-order valence-electron chi connectivity index (χ0n) is 6.48. The molecular formula is C8H5N2O3. The molecule has 13 heavy (non-hydrogen) atoms. The second kappa shape index (κ2) is 2.55. The number of carbonyl (C=O) groups is 2. The summed E-state index contributed by atoms with van der Waals surface area (Å²) < 4.78 is 1.03. The molecule has 0 bridgehead atoms. The third-order valence-corrected chi connectivity index (χ3v) is 1.71. The topological polar surface area (TPSA) is 68.2 Å². The van der Waals surface area contributed by atoms with Crippen molar-refractivity contribution in [2.24, 2.45) is 0 Å². The summed E-state index contributed by atoms with van der Waals surface area (Å²) in [5.41, 5.74) is -0.215. The summed E-state index contributed by atoms with van der Waals surface area (Å²) in [5.74, 6) is -1.13. The van der Waals surface area contributed by atoms with Gasteiger partial charge in [0.1, 0.15) is 12.2 Å². The van der Waals surface area contributed by atoms with E-state index in [0.29, 0.717) is 0 Å². The number of pyridine rings is 1. The van der Waals surface area contributed by atoms with E-state index in [0.717, 1.165) is 11.1 Å². The molecule has 1 aromatic rings. The Morgan fingerprint density at radius 3 is 2.69 bits per heavy atom. The first-order valence-electron chi connectivity index (χ1n) is 3.60. The van der Waals surface area contributed by atoms with Crippen LogP contribution in [0.1, 0.15) is 10.5 Å². The zero-order chi connectivity index (χ0) is 9.42. The van der Waals surface area contributed by atoms with Crippen LogP contribution < -0.4 is 10.9 Å². The molecule has 5 nitrogen and oxygen atoms in total. The second-order valence-corrected chi connectivity index (χ2v) is 2.57. The van der Waals surface area contributed by atoms with Gasteiger partial charge in [-0.1, -0.05) is 6.07 Å². The van der Waals surface area contributed by atoms with Gasteiger partial charge < -0.3 is 0 Å². The minimum atomic E-state index is -0.578. The minimum absolute atomic E-state index is 0.173. The van der Waals surface area contributed by atoms with Gasteiger partial charge in [0, 0.05) is 6.07 Å². The molecule has 0 aliphatic carbocycles. The molecule has 5 heteroatoms. The van der Waals surface area contributed by atoms with Crippen LogP contribution in [0, 0.1) is 6.54 Å². The number of hydrogen-bond acceptors (Lipinski definition) is 3. The zero-order valence-corrected chi connectivity index (χ0v) is 6.48. The summed E-state index contributed by atoms with van der Waals surface area (Å²) in [6, 6.07) is 4.23. The molecule has 1 aliphatic heterocycles. The smallest absolute Gasteiger partial charge is 0.274 e. The lowest BCUT2D eigenvalue weighted by Gasteiger charge is -2.15. The first-order valence-corrected chi connectivity index (χ1v) is 3.60. The highest BCUT2D eigenvalue weighted by molar-refractivity contribution is 6.09. The molecule has 0 saturated carbocycles. The van der Waals surface area contributed by atoms with E-state index in [1.54, 1.807) is 0 Å². The van der Waals surface area contributed by atoms with Crippen LogP contribution in [0.15, 0.2) is 23.0 Å². The molecule has 0 aromatic carbocycles. The Kier molecular flexibility index (Phi) is 1.51. The third kappa shape index (κ3) is 1.14. The quantitative estimate of drug-likeness (QED) is 0.523. The van der Waals surface area contributed by atoms with Crippen LogP contribution >= 0.6 is 0 Å². The number of aromatic nitrogens is 1. The first kappa shape index (κ1) is 7.72. The average molecular weight is 177 g/mol. The lowest BCUT2D eigenvalue weighted by atomic mass is 10.2. The van der Waals surface area contributed by atoms with Gasteiger partial charge in [0.25, 0.3) is 17.4 Å². The highest BCUT2D eigenvalue weighted by Crippen LogP contribution is 2.02. The van der Waals surface area contributed by atoms with Gasteiger partial charge in [-0.25, -0.2) is 0 Å². The molecule has 0 saturated heterocycles. The van der Waals surface area contributed by atoms with E-state index in [4.69, 9.17) is 0 Å². The van der Waals surface area contributed by atoms with Crippen molar-refractivity contribution >= 4 is 11.8 Å². The van der Waals surface area contributed by atoms with Crippen molar-refractivity contribution in [3.63, 3.8) is 0 Å². The van der Waals surface area contributed by atoms with E-state index in [1.165, 1.54) is 18.2 Å². The Morgan fingerprint density at radius 2 is 1.92 bits per heavy atom. The number of carbonyl (C=O) groups excluding carboxylic acids is 2. The average Bonchev–Trinajstić information content (AvgIpc) is 2.07. The molecule has 2 amide bonds. The molecule has 2 heterocycles. The molecule has 0 unspecified atom stereocenters. The molecule has 1 radical (unpaired) electrons. The van der Waals surface area contributed by atoms with Crippen LogP contribution in [-0.2, 0) is 4.79 Å². The molecular weight excluding hydrogens is 172 g/mol. The van der Waals surface area contributed by atoms with Crippen LogP contribution in [-0.4, -0.2) is 16.4 Å². The maximum atomic E-state index is 11.2. The molecule has 65 valence electrons. The van der Waals surface area contributed by atoms with E-state index in [-0.39, 0.29) is 11.3 Å². The highest BCUT2D eigenvalue weighted by atomic mass is 16.2. The van der Waals surface area contributed by atoms with Crippen molar-refractivity contribution in [3.05, 3.63) is 40.8 Å². The van der Waals surface area contributed by atoms with Gasteiger partial charge in [0.15, 0.2) is 0 Å². The van der Waals surface area contributed by atoms with Gasteiger partial charge in [-0.05, 0) is 6.07 Å². The lowest BCUT2D eigenvalue weighted by molar-refractivity contribution is -0.117. The third-order valence-electron chi connectivity index (χ3n) is 1.71. The monoisotopic (exact) mass is 177 g/mol. The van der Waals surface area contributed by atoms with E-state index in [1.807, 2.05) is 0 Å². The normalized spacial score (nSPS) is 15.1. The summed E-state index contributed by atoms with van der Waals surface area (Å²) in [4.78, 5) is 33.1. The minimum Gasteiger partial charge on any atom is -0.289 e. The summed E-state index contributed by atoms with van der Waals surface area (Å²) >= 11 is 0. The maximum absolute atomic E-state index is 11.2. The SMILES string of the molecule is O=C1[CH]n2c(cccc2=O)C(=O)N1. The van der Waals surface area contributed by atoms with Crippen molar-refractivity contribution < 1.29 is 9.59 Å². The summed E-state index contributed by atoms with van der Waals surface area (Å²) in [5, 5.41) is 2.07. The summed E-state index contributed by atoms with van der Waals surface area (Å²) in [6.45, 7) is 1.05. The molecule has 0 fully saturated rings. The van der Waals surface area contributed by atoms with Gasteiger partial charge in [-0.2, -0.15) is 0 Å². The Bertz CT molecular complexity index is 447. The molecule has 1 aliphatic rings. The number of fused-ring (bicyclic) bond motifs is 1. The molecule has 1 aromatic heterocycles. The molecule has 1 N–H and O–H groups in total. The van der Waals surface area contributed by atoms with E-state index in [9.17, 15) is 14.4 Å². The largest absolute Gasteiger partial charge is 0.289 e. The standard InChI is InChI=1S/C8H5N2O3/c11-6-4-10-5(8(13)9-6)2-1-3-7(10)12/h1-4H,(H,9,11,13). The number of nitrogens with zero attached hydrogens (tertiary/aromatic N) is 1. The van der Waals surface area contributed by atoms with Crippen LogP contribution in [0.5, 0.6) is 0 Å². The van der Waals surface area contributed by atoms with Gasteiger partial charge in [0.2, 0.25) is 0 Å². The van der Waals surface area contributed by atoms with Crippen molar-refractivity contribution in [3.8, 4) is 0 Å². The Hall–Kier alpha value is -1.91. The van der Waals surface area contributed by atoms with Crippen molar-refractivity contribution in [1.29, 1.82) is 0 Å². The molecule has 2 rings (SSSR count). The van der Waals surface area contributed by atoms with Crippen LogP contribution in [0.25, 0.3) is 0 Å². The number of hydrogen-bond donors (Lipinski definition) is 1. The first-order chi connectivity index (χ1) is 6.18. The lowest BCUT2D eigenvalue weighted by Crippen LogP contribution is -2.43. The van der Waals surface area contributed by atoms with Gasteiger partial charge in [-0.3, -0.25) is 24.3 Å². The fraction of sp³-hybridized carbons (Fsp3) is 0. The number of rotatable bonds is 0. The Balaban J connectivity index is 2.68. The highest BCUT2D eigenvalue weighted by Gasteiger charge is 2.22.